The Kier molecular flexibility index (Phi) is 8.56. The van der Waals surface area contributed by atoms with Crippen LogP contribution in [0.15, 0.2) is 49.1 Å². The van der Waals surface area contributed by atoms with E-state index in [1.165, 1.54) is 0 Å². The molecule has 2 aliphatic heterocycles. The highest BCUT2D eigenvalue weighted by atomic mass is 16.7. The van der Waals surface area contributed by atoms with Gasteiger partial charge in [0.2, 0.25) is 13.6 Å². The second-order valence-electron chi connectivity index (χ2n) is 5.48. The van der Waals surface area contributed by atoms with Crippen molar-refractivity contribution in [3.8, 4) is 34.5 Å². The molecule has 0 saturated heterocycles. The fourth-order valence-corrected chi connectivity index (χ4v) is 2.24. The molecular weight excluding hydrogens is 392 g/mol. The molecule has 0 aliphatic carbocycles. The van der Waals surface area contributed by atoms with Crippen molar-refractivity contribution >= 4 is 11.9 Å². The Labute approximate surface area is 174 Å². The minimum Gasteiger partial charge on any atom is -0.454 e. The van der Waals surface area contributed by atoms with Gasteiger partial charge in [-0.05, 0) is 24.3 Å². The highest BCUT2D eigenvalue weighted by Crippen LogP contribution is 2.36. The summed E-state index contributed by atoms with van der Waals surface area (Å²) in [6.45, 7) is 9.47. The van der Waals surface area contributed by atoms with Crippen molar-refractivity contribution in [2.75, 3.05) is 13.6 Å². The average Bonchev–Trinajstić information content (AvgIpc) is 3.44. The lowest BCUT2D eigenvalue weighted by molar-refractivity contribution is -0.134. The molecule has 0 spiro atoms. The van der Waals surface area contributed by atoms with Crippen molar-refractivity contribution in [1.82, 2.24) is 0 Å². The third-order valence-electron chi connectivity index (χ3n) is 3.59. The first-order valence-corrected chi connectivity index (χ1v) is 9.43. The van der Waals surface area contributed by atoms with E-state index < -0.39 is 5.97 Å². The Balaban J connectivity index is 0.000000197. The maximum atomic E-state index is 11.0. The van der Waals surface area contributed by atoms with Crippen LogP contribution >= 0.6 is 0 Å². The lowest BCUT2D eigenvalue weighted by Crippen LogP contribution is -2.05. The minimum atomic E-state index is -0.496. The van der Waals surface area contributed by atoms with Crippen molar-refractivity contribution in [3.05, 3.63) is 49.1 Å². The normalized spacial score (nSPS) is 11.8. The number of carbonyl (C=O) groups excluding carboxylic acids is 2. The van der Waals surface area contributed by atoms with Crippen LogP contribution in [0.2, 0.25) is 0 Å². The molecule has 0 fully saturated rings. The van der Waals surface area contributed by atoms with Crippen LogP contribution in [0.5, 0.6) is 34.5 Å². The molecule has 2 aromatic carbocycles. The van der Waals surface area contributed by atoms with Crippen LogP contribution in [0.4, 0.5) is 0 Å². The zero-order valence-corrected chi connectivity index (χ0v) is 17.1. The van der Waals surface area contributed by atoms with Crippen LogP contribution < -0.4 is 28.4 Å². The fourth-order valence-electron chi connectivity index (χ4n) is 2.24. The Bertz CT molecular complexity index is 891. The predicted octanol–water partition coefficient (Wildman–Crippen LogP) is 4.26. The summed E-state index contributed by atoms with van der Waals surface area (Å²) in [4.78, 5) is 21.9. The summed E-state index contributed by atoms with van der Waals surface area (Å²) in [5.41, 5.74) is 0. The van der Waals surface area contributed by atoms with Gasteiger partial charge in [-0.25, -0.2) is 4.79 Å². The van der Waals surface area contributed by atoms with Gasteiger partial charge in [-0.2, -0.15) is 0 Å². The summed E-state index contributed by atoms with van der Waals surface area (Å²) in [6, 6.07) is 9.98. The first kappa shape index (κ1) is 22.6. The van der Waals surface area contributed by atoms with Crippen molar-refractivity contribution in [1.29, 1.82) is 0 Å². The summed E-state index contributed by atoms with van der Waals surface area (Å²) < 4.78 is 30.4. The van der Waals surface area contributed by atoms with E-state index in [9.17, 15) is 9.59 Å². The number of carbonyl (C=O) groups is 2. The molecule has 0 aromatic heterocycles. The molecule has 4 rings (SSSR count). The quantitative estimate of drug-likeness (QED) is 0.415. The van der Waals surface area contributed by atoms with E-state index in [4.69, 9.17) is 28.4 Å². The molecule has 30 heavy (non-hydrogen) atoms. The van der Waals surface area contributed by atoms with Gasteiger partial charge >= 0.3 is 11.9 Å². The molecule has 160 valence electrons. The smallest absolute Gasteiger partial charge is 0.335 e. The third-order valence-corrected chi connectivity index (χ3v) is 3.59. The molecular formula is C22H24O8. The Morgan fingerprint density at radius 1 is 0.867 bits per heavy atom. The van der Waals surface area contributed by atoms with Crippen molar-refractivity contribution in [2.24, 2.45) is 0 Å². The summed E-state index contributed by atoms with van der Waals surface area (Å²) in [6.07, 6.45) is 1.46. The molecule has 2 aromatic rings. The number of hydrogen-bond donors (Lipinski definition) is 0. The fraction of sp³-hybridized carbons (Fsp3) is 0.273. The van der Waals surface area contributed by atoms with E-state index >= 15 is 0 Å². The molecule has 8 nitrogen and oxygen atoms in total. The Hall–Kier alpha value is -3.68. The lowest BCUT2D eigenvalue weighted by atomic mass is 10.3. The zero-order valence-electron chi connectivity index (χ0n) is 17.1. The van der Waals surface area contributed by atoms with E-state index in [0.29, 0.717) is 40.9 Å². The third kappa shape index (κ3) is 6.16. The SMILES string of the molecule is C=CC(=O)Oc1ccc2c(c1)OCO2.CC.CCC(=O)Oc1ccc2c(c1)OCO2. The highest BCUT2D eigenvalue weighted by Gasteiger charge is 2.15. The molecule has 0 bridgehead atoms. The van der Waals surface area contributed by atoms with E-state index in [1.54, 1.807) is 43.3 Å². The van der Waals surface area contributed by atoms with Crippen LogP contribution in [0.1, 0.15) is 27.2 Å². The number of ether oxygens (including phenoxy) is 6. The van der Waals surface area contributed by atoms with Gasteiger partial charge < -0.3 is 28.4 Å². The Morgan fingerprint density at radius 2 is 1.33 bits per heavy atom. The number of fused-ring (bicyclic) bond motifs is 2. The number of rotatable bonds is 4. The summed E-state index contributed by atoms with van der Waals surface area (Å²) in [7, 11) is 0. The largest absolute Gasteiger partial charge is 0.454 e. The molecule has 0 saturated carbocycles. The standard InChI is InChI=1S/C10H10O4.C10H8O4.C2H6/c2*1-2-10(11)14-7-3-4-8-9(5-7)13-6-12-8;1-2/h3-5H,2,6H2,1H3;2-5H,1,6H2;1-2H3. The molecule has 2 heterocycles. The number of hydrogen-bond acceptors (Lipinski definition) is 8. The van der Waals surface area contributed by atoms with E-state index in [1.807, 2.05) is 13.8 Å². The maximum Gasteiger partial charge on any atom is 0.335 e. The second-order valence-corrected chi connectivity index (χ2v) is 5.48. The van der Waals surface area contributed by atoms with Gasteiger partial charge in [0, 0.05) is 24.6 Å². The van der Waals surface area contributed by atoms with Crippen molar-refractivity contribution in [3.63, 3.8) is 0 Å². The van der Waals surface area contributed by atoms with Crippen molar-refractivity contribution < 1.29 is 38.0 Å². The molecule has 0 unspecified atom stereocenters. The molecule has 0 amide bonds. The van der Waals surface area contributed by atoms with Gasteiger partial charge in [-0.15, -0.1) is 0 Å². The molecule has 0 N–H and O–H groups in total. The average molecular weight is 416 g/mol. The summed E-state index contributed by atoms with van der Waals surface area (Å²) in [5, 5.41) is 0. The van der Waals surface area contributed by atoms with Crippen LogP contribution in [0.3, 0.4) is 0 Å². The summed E-state index contributed by atoms with van der Waals surface area (Å²) in [5.74, 6) is 2.68. The van der Waals surface area contributed by atoms with Crippen LogP contribution in [-0.2, 0) is 9.59 Å². The minimum absolute atomic E-state index is 0.203. The maximum absolute atomic E-state index is 11.0. The van der Waals surface area contributed by atoms with Crippen LogP contribution in [0.25, 0.3) is 0 Å². The van der Waals surface area contributed by atoms with Crippen LogP contribution in [0, 0.1) is 0 Å². The predicted molar refractivity (Wildman–Crippen MR) is 108 cm³/mol. The monoisotopic (exact) mass is 416 g/mol. The van der Waals surface area contributed by atoms with Gasteiger partial charge in [0.05, 0.1) is 0 Å². The first-order chi connectivity index (χ1) is 14.6. The van der Waals surface area contributed by atoms with Gasteiger partial charge in [-0.3, -0.25) is 4.79 Å². The molecule has 0 atom stereocenters. The van der Waals surface area contributed by atoms with Crippen molar-refractivity contribution in [2.45, 2.75) is 27.2 Å². The number of benzene rings is 2. The van der Waals surface area contributed by atoms with E-state index in [-0.39, 0.29) is 19.6 Å². The van der Waals surface area contributed by atoms with E-state index in [0.717, 1.165) is 6.08 Å². The molecule has 0 radical (unpaired) electrons. The van der Waals surface area contributed by atoms with E-state index in [2.05, 4.69) is 6.58 Å². The first-order valence-electron chi connectivity index (χ1n) is 9.43. The highest BCUT2D eigenvalue weighted by molar-refractivity contribution is 5.83. The van der Waals surface area contributed by atoms with Crippen LogP contribution in [-0.4, -0.2) is 25.5 Å². The summed E-state index contributed by atoms with van der Waals surface area (Å²) >= 11 is 0. The van der Waals surface area contributed by atoms with Gasteiger partial charge in [-0.1, -0.05) is 27.4 Å². The zero-order chi connectivity index (χ0) is 21.9. The topological polar surface area (TPSA) is 89.5 Å². The second kappa shape index (κ2) is 11.4. The lowest BCUT2D eigenvalue weighted by Gasteiger charge is -2.02. The van der Waals surface area contributed by atoms with Gasteiger partial charge in [0.25, 0.3) is 0 Å². The number of esters is 2. The van der Waals surface area contributed by atoms with Gasteiger partial charge in [0.1, 0.15) is 11.5 Å². The Morgan fingerprint density at radius 3 is 1.80 bits per heavy atom. The van der Waals surface area contributed by atoms with Gasteiger partial charge in [0.15, 0.2) is 23.0 Å². The molecule has 2 aliphatic rings. The molecule has 8 heteroatoms.